The van der Waals surface area contributed by atoms with Gasteiger partial charge in [0.1, 0.15) is 0 Å². The van der Waals surface area contributed by atoms with Gasteiger partial charge in [0.2, 0.25) is 6.54 Å². The van der Waals surface area contributed by atoms with Crippen molar-refractivity contribution in [1.82, 2.24) is 4.90 Å². The topological polar surface area (TPSA) is 50.5 Å². The second kappa shape index (κ2) is 7.15. The number of ether oxygens (including phenoxy) is 1. The average molecular weight is 311 g/mol. The number of carbonyl (C=O) groups is 2. The smallest absolute Gasteiger partial charge is 0.288 e. The van der Waals surface area contributed by atoms with Gasteiger partial charge >= 0.3 is 0 Å². The quantitative estimate of drug-likeness (QED) is 0.627. The van der Waals surface area contributed by atoms with Gasteiger partial charge in [-0.1, -0.05) is 30.3 Å². The lowest BCUT2D eigenvalue weighted by atomic mass is 10.0. The molecule has 0 radical (unpaired) electrons. The fourth-order valence-corrected chi connectivity index (χ4v) is 2.54. The monoisotopic (exact) mass is 311 g/mol. The van der Waals surface area contributed by atoms with Crippen LogP contribution in [0.2, 0.25) is 0 Å². The van der Waals surface area contributed by atoms with E-state index in [1.165, 1.54) is 0 Å². The molecule has 5 heteroatoms. The molecule has 1 fully saturated rings. The fourth-order valence-electron chi connectivity index (χ4n) is 2.54. The molecule has 118 valence electrons. The van der Waals surface area contributed by atoms with E-state index in [-0.39, 0.29) is 18.2 Å². The van der Waals surface area contributed by atoms with Crippen LogP contribution in [0.15, 0.2) is 54.9 Å². The molecule has 1 aliphatic rings. The molecule has 5 nitrogen and oxygen atoms in total. The first-order chi connectivity index (χ1) is 11.2. The first-order valence-electron chi connectivity index (χ1n) is 7.68. The van der Waals surface area contributed by atoms with Crippen molar-refractivity contribution >= 4 is 11.7 Å². The number of carbonyl (C=O) groups excluding carboxylic acids is 2. The molecule has 0 N–H and O–H groups in total. The molecule has 1 aliphatic heterocycles. The van der Waals surface area contributed by atoms with Crippen molar-refractivity contribution in [2.75, 3.05) is 26.3 Å². The van der Waals surface area contributed by atoms with Crippen molar-refractivity contribution in [2.24, 2.45) is 0 Å². The third-order valence-electron chi connectivity index (χ3n) is 3.87. The van der Waals surface area contributed by atoms with Crippen LogP contribution < -0.4 is 4.57 Å². The van der Waals surface area contributed by atoms with Crippen molar-refractivity contribution in [2.45, 2.75) is 6.54 Å². The van der Waals surface area contributed by atoms with Gasteiger partial charge in [-0.2, -0.15) is 4.57 Å². The Hall–Kier alpha value is -2.53. The summed E-state index contributed by atoms with van der Waals surface area (Å²) >= 11 is 0. The lowest BCUT2D eigenvalue weighted by Gasteiger charge is -2.25. The summed E-state index contributed by atoms with van der Waals surface area (Å²) in [6.07, 6.45) is 3.54. The molecule has 0 unspecified atom stereocenters. The summed E-state index contributed by atoms with van der Waals surface area (Å²) in [6, 6.07) is 12.7. The number of pyridine rings is 1. The number of hydrogen-bond acceptors (Lipinski definition) is 3. The Balaban J connectivity index is 1.65. The van der Waals surface area contributed by atoms with Crippen LogP contribution in [0.4, 0.5) is 0 Å². The summed E-state index contributed by atoms with van der Waals surface area (Å²) in [7, 11) is 0. The lowest BCUT2D eigenvalue weighted by molar-refractivity contribution is -0.685. The van der Waals surface area contributed by atoms with Crippen LogP contribution in [0.3, 0.4) is 0 Å². The van der Waals surface area contributed by atoms with Crippen LogP contribution in [-0.4, -0.2) is 42.9 Å². The SMILES string of the molecule is O=C(c1ccccc1)c1cc[n+](CC(=O)N2CCOCC2)cc1. The lowest BCUT2D eigenvalue weighted by Crippen LogP contribution is -2.48. The Morgan fingerprint density at radius 1 is 0.957 bits per heavy atom. The first-order valence-corrected chi connectivity index (χ1v) is 7.68. The molecule has 0 atom stereocenters. The fraction of sp³-hybridized carbons (Fsp3) is 0.278. The third kappa shape index (κ3) is 3.81. The number of amides is 1. The zero-order valence-corrected chi connectivity index (χ0v) is 12.9. The largest absolute Gasteiger partial charge is 0.378 e. The Labute approximate surface area is 135 Å². The molecule has 1 aromatic heterocycles. The molecule has 2 heterocycles. The molecule has 0 bridgehead atoms. The van der Waals surface area contributed by atoms with Crippen LogP contribution in [-0.2, 0) is 16.1 Å². The zero-order valence-electron chi connectivity index (χ0n) is 12.9. The molecule has 2 aromatic rings. The minimum Gasteiger partial charge on any atom is -0.378 e. The first kappa shape index (κ1) is 15.4. The Bertz CT molecular complexity index is 677. The maximum absolute atomic E-state index is 12.3. The van der Waals surface area contributed by atoms with E-state index < -0.39 is 0 Å². The summed E-state index contributed by atoms with van der Waals surface area (Å²) in [4.78, 5) is 26.3. The molecular formula is C18H19N2O3+. The Morgan fingerprint density at radius 2 is 1.57 bits per heavy atom. The Morgan fingerprint density at radius 3 is 2.22 bits per heavy atom. The normalized spacial score (nSPS) is 14.5. The van der Waals surface area contributed by atoms with Crippen molar-refractivity contribution in [3.8, 4) is 0 Å². The summed E-state index contributed by atoms with van der Waals surface area (Å²) in [5.41, 5.74) is 1.28. The second-order valence-electron chi connectivity index (χ2n) is 5.45. The minimum atomic E-state index is -0.0164. The van der Waals surface area contributed by atoms with E-state index in [9.17, 15) is 9.59 Å². The van der Waals surface area contributed by atoms with Crippen molar-refractivity contribution in [3.63, 3.8) is 0 Å². The second-order valence-corrected chi connectivity index (χ2v) is 5.45. The molecule has 1 aromatic carbocycles. The molecule has 0 saturated carbocycles. The standard InChI is InChI=1S/C18H19N2O3/c21-17(20-10-12-23-13-11-20)14-19-8-6-16(7-9-19)18(22)15-4-2-1-3-5-15/h1-9H,10-14H2/q+1. The number of ketones is 1. The van der Waals surface area contributed by atoms with Gasteiger partial charge in [-0.05, 0) is 0 Å². The number of morpholine rings is 1. The van der Waals surface area contributed by atoms with Crippen molar-refractivity contribution < 1.29 is 18.9 Å². The molecule has 3 rings (SSSR count). The highest BCUT2D eigenvalue weighted by molar-refractivity contribution is 6.08. The van der Waals surface area contributed by atoms with Gasteiger partial charge in [0.05, 0.1) is 13.2 Å². The maximum Gasteiger partial charge on any atom is 0.288 e. The third-order valence-corrected chi connectivity index (χ3v) is 3.87. The summed E-state index contributed by atoms with van der Waals surface area (Å²) < 4.78 is 7.04. The van der Waals surface area contributed by atoms with E-state index >= 15 is 0 Å². The molecule has 23 heavy (non-hydrogen) atoms. The predicted molar refractivity (Wildman–Crippen MR) is 83.9 cm³/mol. The molecule has 1 saturated heterocycles. The van der Waals surface area contributed by atoms with E-state index in [4.69, 9.17) is 4.74 Å². The average Bonchev–Trinajstić information content (AvgIpc) is 2.63. The van der Waals surface area contributed by atoms with Crippen molar-refractivity contribution in [1.29, 1.82) is 0 Å². The van der Waals surface area contributed by atoms with Crippen LogP contribution in [0, 0.1) is 0 Å². The maximum atomic E-state index is 12.3. The number of benzene rings is 1. The number of nitrogens with zero attached hydrogens (tertiary/aromatic N) is 2. The van der Waals surface area contributed by atoms with Gasteiger partial charge in [0.15, 0.2) is 18.2 Å². The number of rotatable bonds is 4. The van der Waals surface area contributed by atoms with E-state index in [0.29, 0.717) is 37.4 Å². The summed E-state index contributed by atoms with van der Waals surface area (Å²) in [6.45, 7) is 2.76. The van der Waals surface area contributed by atoms with Gasteiger partial charge in [-0.25, -0.2) is 0 Å². The van der Waals surface area contributed by atoms with E-state index in [1.54, 1.807) is 46.1 Å². The van der Waals surface area contributed by atoms with Gasteiger partial charge in [-0.3, -0.25) is 9.59 Å². The molecular weight excluding hydrogens is 292 g/mol. The van der Waals surface area contributed by atoms with Crippen LogP contribution in [0.25, 0.3) is 0 Å². The van der Waals surface area contributed by atoms with Crippen LogP contribution in [0.1, 0.15) is 15.9 Å². The van der Waals surface area contributed by atoms with Gasteiger partial charge in [-0.15, -0.1) is 0 Å². The Kier molecular flexibility index (Phi) is 4.78. The summed E-state index contributed by atoms with van der Waals surface area (Å²) in [5.74, 6) is 0.0534. The van der Waals surface area contributed by atoms with E-state index in [0.717, 1.165) is 0 Å². The highest BCUT2D eigenvalue weighted by atomic mass is 16.5. The molecule has 0 aliphatic carbocycles. The molecule has 0 spiro atoms. The number of aromatic nitrogens is 1. The van der Waals surface area contributed by atoms with Crippen LogP contribution >= 0.6 is 0 Å². The zero-order chi connectivity index (χ0) is 16.1. The van der Waals surface area contributed by atoms with E-state index in [2.05, 4.69) is 0 Å². The minimum absolute atomic E-state index is 0.0164. The number of hydrogen-bond donors (Lipinski definition) is 0. The highest BCUT2D eigenvalue weighted by Crippen LogP contribution is 2.07. The molecule has 1 amide bonds. The summed E-state index contributed by atoms with van der Waals surface area (Å²) in [5, 5.41) is 0. The van der Waals surface area contributed by atoms with Crippen LogP contribution in [0.5, 0.6) is 0 Å². The predicted octanol–water partition coefficient (Wildman–Crippen LogP) is 1.06. The van der Waals surface area contributed by atoms with Crippen molar-refractivity contribution in [3.05, 3.63) is 66.0 Å². The van der Waals surface area contributed by atoms with Gasteiger partial charge in [0, 0.05) is 36.3 Å². The highest BCUT2D eigenvalue weighted by Gasteiger charge is 2.20. The van der Waals surface area contributed by atoms with Gasteiger partial charge in [0.25, 0.3) is 5.91 Å². The van der Waals surface area contributed by atoms with E-state index in [1.807, 2.05) is 18.2 Å². The van der Waals surface area contributed by atoms with Gasteiger partial charge < -0.3 is 9.64 Å².